The zero-order valence-corrected chi connectivity index (χ0v) is 19.4. The minimum Gasteiger partial charge on any atom is -0.399 e. The summed E-state index contributed by atoms with van der Waals surface area (Å²) < 4.78 is 0. The zero-order valence-electron chi connectivity index (χ0n) is 18.6. The molecule has 4 saturated carbocycles. The van der Waals surface area contributed by atoms with Crippen molar-refractivity contribution in [2.75, 3.05) is 13.7 Å². The lowest BCUT2D eigenvalue weighted by molar-refractivity contribution is -0.155. The van der Waals surface area contributed by atoms with E-state index in [1.807, 2.05) is 0 Å². The van der Waals surface area contributed by atoms with Crippen molar-refractivity contribution in [3.63, 3.8) is 0 Å². The average molecular weight is 437 g/mol. The Morgan fingerprint density at radius 1 is 1.13 bits per heavy atom. The molecular weight excluding hydrogens is 400 g/mol. The number of ketones is 2. The smallest absolute Gasteiger partial charge is 0.145 e. The van der Waals surface area contributed by atoms with Crippen molar-refractivity contribution in [1.29, 1.82) is 0 Å². The van der Waals surface area contributed by atoms with Crippen LogP contribution in [0.1, 0.15) is 71.6 Å². The third-order valence-electron chi connectivity index (χ3n) is 9.88. The molecule has 0 bridgehead atoms. The van der Waals surface area contributed by atoms with Crippen LogP contribution in [0.25, 0.3) is 0 Å². The molecule has 5 rings (SSSR count). The largest absolute Gasteiger partial charge is 0.399 e. The minimum atomic E-state index is -0.354. The van der Waals surface area contributed by atoms with Crippen molar-refractivity contribution >= 4 is 29.7 Å². The number of fused-ring (bicyclic) bond motifs is 5. The van der Waals surface area contributed by atoms with Crippen molar-refractivity contribution in [3.8, 4) is 0 Å². The molecule has 4 aliphatic carbocycles. The molecule has 8 atom stereocenters. The number of hydrogen-bond donors (Lipinski definition) is 1. The van der Waals surface area contributed by atoms with Crippen LogP contribution in [0, 0.1) is 40.4 Å². The number of nitrogens with zero attached hydrogens (tertiary/aromatic N) is 1. The normalized spacial score (nSPS) is 49.2. The van der Waals surface area contributed by atoms with E-state index < -0.39 is 0 Å². The van der Waals surface area contributed by atoms with Gasteiger partial charge in [0.15, 0.2) is 0 Å². The van der Waals surface area contributed by atoms with Crippen LogP contribution in [0.5, 0.6) is 0 Å². The van der Waals surface area contributed by atoms with E-state index in [1.54, 1.807) is 7.11 Å². The maximum atomic E-state index is 13.5. The minimum absolute atomic E-state index is 0. The highest BCUT2D eigenvalue weighted by Gasteiger charge is 2.64. The quantitative estimate of drug-likeness (QED) is 0.659. The Labute approximate surface area is 186 Å². The molecule has 1 unspecified atom stereocenters. The van der Waals surface area contributed by atoms with Gasteiger partial charge in [-0.1, -0.05) is 19.0 Å². The van der Waals surface area contributed by atoms with E-state index in [0.717, 1.165) is 37.9 Å². The lowest BCUT2D eigenvalue weighted by atomic mass is 9.44. The van der Waals surface area contributed by atoms with E-state index in [9.17, 15) is 9.59 Å². The Balaban J connectivity index is 0.00000218. The molecule has 5 aliphatic rings. The predicted octanol–water partition coefficient (Wildman–Crippen LogP) is 4.18. The fourth-order valence-electron chi connectivity index (χ4n) is 8.38. The van der Waals surface area contributed by atoms with E-state index in [-0.39, 0.29) is 41.0 Å². The van der Waals surface area contributed by atoms with Crippen molar-refractivity contribution < 1.29 is 14.4 Å². The third-order valence-corrected chi connectivity index (χ3v) is 9.88. The standard InChI is InChI=1S/C24H36N2O3.ClH/c1-23-8-6-14(18-5-4-10-25-18)11-17(23)20(27)12-15-16(23)7-9-24(2)21(28)13-19(22(15)24)26-29-3;/h14-18,22,25H,4-13H2,1-3H3;1H/t14?,15-,16+,17-,18-,22-,23-,24-;/m1./s1. The molecule has 1 saturated heterocycles. The van der Waals surface area contributed by atoms with Crippen LogP contribution in [-0.2, 0) is 14.4 Å². The summed E-state index contributed by atoms with van der Waals surface area (Å²) in [6.07, 6.45) is 9.05. The van der Waals surface area contributed by atoms with Gasteiger partial charge in [0.2, 0.25) is 0 Å². The summed E-state index contributed by atoms with van der Waals surface area (Å²) in [5, 5.41) is 7.97. The summed E-state index contributed by atoms with van der Waals surface area (Å²) >= 11 is 0. The second-order valence-electron chi connectivity index (χ2n) is 11.0. The van der Waals surface area contributed by atoms with E-state index in [1.165, 1.54) is 19.3 Å². The Morgan fingerprint density at radius 2 is 1.93 bits per heavy atom. The predicted molar refractivity (Wildman–Crippen MR) is 119 cm³/mol. The molecule has 0 radical (unpaired) electrons. The molecule has 5 fully saturated rings. The highest BCUT2D eigenvalue weighted by molar-refractivity contribution is 6.13. The molecule has 0 aromatic rings. The molecule has 1 aliphatic heterocycles. The SMILES string of the molecule is CON=C1CC(=O)[C@@]2(C)CC[C@H]3[C@@H](CC(=O)[C@H]4CC([C@H]5CCCN5)CC[C@@]43C)[C@H]12.Cl. The van der Waals surface area contributed by atoms with Gasteiger partial charge < -0.3 is 10.2 Å². The highest BCUT2D eigenvalue weighted by atomic mass is 35.5. The summed E-state index contributed by atoms with van der Waals surface area (Å²) in [4.78, 5) is 31.5. The van der Waals surface area contributed by atoms with Gasteiger partial charge in [-0.2, -0.15) is 0 Å². The maximum Gasteiger partial charge on any atom is 0.145 e. The van der Waals surface area contributed by atoms with Crippen LogP contribution in [0.2, 0.25) is 0 Å². The maximum absolute atomic E-state index is 13.5. The zero-order chi connectivity index (χ0) is 20.4. The van der Waals surface area contributed by atoms with Crippen LogP contribution in [0.15, 0.2) is 5.16 Å². The van der Waals surface area contributed by atoms with Crippen molar-refractivity contribution in [1.82, 2.24) is 5.32 Å². The summed E-state index contributed by atoms with van der Waals surface area (Å²) in [7, 11) is 1.56. The van der Waals surface area contributed by atoms with Gasteiger partial charge in [-0.15, -0.1) is 12.4 Å². The van der Waals surface area contributed by atoms with Crippen molar-refractivity contribution in [3.05, 3.63) is 0 Å². The molecule has 30 heavy (non-hydrogen) atoms. The highest BCUT2D eigenvalue weighted by Crippen LogP contribution is 2.64. The molecule has 0 spiro atoms. The Bertz CT molecular complexity index is 749. The van der Waals surface area contributed by atoms with Crippen molar-refractivity contribution in [2.24, 2.45) is 45.6 Å². The van der Waals surface area contributed by atoms with Crippen LogP contribution in [0.3, 0.4) is 0 Å². The van der Waals surface area contributed by atoms with E-state index in [4.69, 9.17) is 4.84 Å². The average Bonchev–Trinajstić information content (AvgIpc) is 3.29. The Hall–Kier alpha value is -0.940. The number of halogens is 1. The number of carbonyl (C=O) groups excluding carboxylic acids is 2. The van der Waals surface area contributed by atoms with Crippen LogP contribution >= 0.6 is 12.4 Å². The first-order valence-electron chi connectivity index (χ1n) is 11.8. The molecule has 1 N–H and O–H groups in total. The number of nitrogens with one attached hydrogen (secondary N) is 1. The molecule has 0 aromatic heterocycles. The Kier molecular flexibility index (Phi) is 5.85. The molecule has 0 aromatic carbocycles. The van der Waals surface area contributed by atoms with Crippen molar-refractivity contribution in [2.45, 2.75) is 77.7 Å². The fraction of sp³-hybridized carbons (Fsp3) is 0.875. The summed E-state index contributed by atoms with van der Waals surface area (Å²) in [5.41, 5.74) is 0.626. The van der Waals surface area contributed by atoms with Gasteiger partial charge >= 0.3 is 0 Å². The molecular formula is C24H37ClN2O3. The summed E-state index contributed by atoms with van der Waals surface area (Å²) in [6, 6.07) is 0.618. The van der Waals surface area contributed by atoms with Crippen LogP contribution in [-0.4, -0.2) is 37.0 Å². The fourth-order valence-corrected chi connectivity index (χ4v) is 8.38. The first-order chi connectivity index (χ1) is 13.9. The lowest BCUT2D eigenvalue weighted by Crippen LogP contribution is -2.58. The molecule has 0 amide bonds. The first-order valence-corrected chi connectivity index (χ1v) is 11.8. The van der Waals surface area contributed by atoms with Gasteiger partial charge in [-0.3, -0.25) is 9.59 Å². The van der Waals surface area contributed by atoms with Gasteiger partial charge in [0.05, 0.1) is 5.71 Å². The molecule has 6 heteroatoms. The topological polar surface area (TPSA) is 67.8 Å². The Morgan fingerprint density at radius 3 is 2.63 bits per heavy atom. The van der Waals surface area contributed by atoms with Crippen LogP contribution in [0.4, 0.5) is 0 Å². The number of rotatable bonds is 2. The van der Waals surface area contributed by atoms with Gasteiger partial charge in [0.25, 0.3) is 0 Å². The second-order valence-corrected chi connectivity index (χ2v) is 11.0. The van der Waals surface area contributed by atoms with Gasteiger partial charge in [0.1, 0.15) is 18.7 Å². The van der Waals surface area contributed by atoms with Gasteiger partial charge in [-0.05, 0) is 74.7 Å². The molecule has 5 nitrogen and oxygen atoms in total. The number of oxime groups is 1. The summed E-state index contributed by atoms with van der Waals surface area (Å²) in [6.45, 7) is 5.66. The third kappa shape index (κ3) is 3.09. The van der Waals surface area contributed by atoms with E-state index >= 15 is 0 Å². The second kappa shape index (κ2) is 7.88. The van der Waals surface area contributed by atoms with Gasteiger partial charge in [-0.25, -0.2) is 0 Å². The molecule has 1 heterocycles. The molecule has 168 valence electrons. The van der Waals surface area contributed by atoms with E-state index in [2.05, 4.69) is 24.3 Å². The first kappa shape index (κ1) is 22.3. The monoisotopic (exact) mass is 436 g/mol. The summed E-state index contributed by atoms with van der Waals surface area (Å²) in [5.74, 6) is 2.48. The number of carbonyl (C=O) groups is 2. The van der Waals surface area contributed by atoms with Crippen LogP contribution < -0.4 is 5.32 Å². The van der Waals surface area contributed by atoms with Gasteiger partial charge in [0, 0.05) is 36.1 Å². The van der Waals surface area contributed by atoms with E-state index in [0.29, 0.717) is 42.3 Å². The lowest BCUT2D eigenvalue weighted by Gasteiger charge is -2.59. The number of Topliss-reactive ketones (excluding diaryl/α,β-unsaturated/α-hetero) is 2. The number of hydrogen-bond acceptors (Lipinski definition) is 5.